The van der Waals surface area contributed by atoms with Crippen LogP contribution < -0.4 is 10.1 Å². The van der Waals surface area contributed by atoms with Crippen molar-refractivity contribution in [3.05, 3.63) is 59.9 Å². The van der Waals surface area contributed by atoms with Crippen molar-refractivity contribution in [2.45, 2.75) is 32.9 Å². The molecule has 1 atom stereocenters. The lowest BCUT2D eigenvalue weighted by Crippen LogP contribution is -2.30. The number of amides is 1. The third-order valence-corrected chi connectivity index (χ3v) is 4.25. The van der Waals surface area contributed by atoms with Crippen LogP contribution in [0, 0.1) is 5.92 Å². The summed E-state index contributed by atoms with van der Waals surface area (Å²) in [5, 5.41) is 2.94. The highest BCUT2D eigenvalue weighted by Crippen LogP contribution is 2.24. The molecule has 27 heavy (non-hydrogen) atoms. The Hall–Kier alpha value is -3.02. The van der Waals surface area contributed by atoms with Gasteiger partial charge in [0.05, 0.1) is 24.2 Å². The summed E-state index contributed by atoms with van der Waals surface area (Å²) in [6.07, 6.45) is 0.291. The van der Waals surface area contributed by atoms with Crippen LogP contribution in [0.2, 0.25) is 0 Å². The van der Waals surface area contributed by atoms with Gasteiger partial charge in [-0.05, 0) is 30.0 Å². The molecule has 3 rings (SSSR count). The fourth-order valence-electron chi connectivity index (χ4n) is 2.91. The number of methoxy groups -OCH3 is 1. The summed E-state index contributed by atoms with van der Waals surface area (Å²) < 4.78 is 10.6. The molecule has 0 spiro atoms. The summed E-state index contributed by atoms with van der Waals surface area (Å²) in [4.78, 5) is 20.2. The summed E-state index contributed by atoms with van der Waals surface area (Å²) in [5.41, 5.74) is 2.65. The molecule has 6 nitrogen and oxygen atoms in total. The standard InChI is InChI=1S/C21H25N3O3/c1-14(2)11-19(24-21(25)27-13-15-7-5-4-6-8-15)20-22-17-10-9-16(26-3)12-18(17)23-20/h4-10,12,14,19H,11,13H2,1-3H3,(H,22,23)(H,24,25)/t19-/m0/s1. The maximum absolute atomic E-state index is 12.3. The van der Waals surface area contributed by atoms with Crippen molar-refractivity contribution < 1.29 is 14.3 Å². The van der Waals surface area contributed by atoms with Crippen LogP contribution in [0.4, 0.5) is 4.79 Å². The van der Waals surface area contributed by atoms with E-state index in [1.807, 2.05) is 48.5 Å². The van der Waals surface area contributed by atoms with Crippen molar-refractivity contribution in [3.8, 4) is 5.75 Å². The molecule has 0 radical (unpaired) electrons. The molecular weight excluding hydrogens is 342 g/mol. The number of carbonyl (C=O) groups is 1. The van der Waals surface area contributed by atoms with E-state index >= 15 is 0 Å². The zero-order chi connectivity index (χ0) is 19.2. The molecule has 0 fully saturated rings. The smallest absolute Gasteiger partial charge is 0.408 e. The molecule has 0 aliphatic carbocycles. The third kappa shape index (κ3) is 5.00. The van der Waals surface area contributed by atoms with Crippen LogP contribution in [0.3, 0.4) is 0 Å². The Bertz CT molecular complexity index is 890. The molecule has 0 aliphatic heterocycles. The highest BCUT2D eigenvalue weighted by Gasteiger charge is 2.20. The van der Waals surface area contributed by atoms with E-state index in [-0.39, 0.29) is 12.6 Å². The molecule has 2 aromatic carbocycles. The number of benzene rings is 2. The maximum Gasteiger partial charge on any atom is 0.408 e. The molecule has 0 unspecified atom stereocenters. The zero-order valence-electron chi connectivity index (χ0n) is 15.9. The zero-order valence-corrected chi connectivity index (χ0v) is 15.9. The number of aromatic amines is 1. The van der Waals surface area contributed by atoms with Crippen molar-refractivity contribution in [2.75, 3.05) is 7.11 Å². The first-order chi connectivity index (χ1) is 13.0. The van der Waals surface area contributed by atoms with Gasteiger partial charge in [-0.2, -0.15) is 0 Å². The normalized spacial score (nSPS) is 12.1. The summed E-state index contributed by atoms with van der Waals surface area (Å²) in [6.45, 7) is 4.45. The lowest BCUT2D eigenvalue weighted by atomic mass is 10.0. The SMILES string of the molecule is COc1ccc2[nH]c([C@H](CC(C)C)NC(=O)OCc3ccccc3)nc2c1. The Morgan fingerprint density at radius 1 is 1.19 bits per heavy atom. The summed E-state index contributed by atoms with van der Waals surface area (Å²) in [5.74, 6) is 1.84. The van der Waals surface area contributed by atoms with E-state index in [9.17, 15) is 4.79 Å². The van der Waals surface area contributed by atoms with E-state index < -0.39 is 6.09 Å². The van der Waals surface area contributed by atoms with E-state index in [1.165, 1.54) is 0 Å². The van der Waals surface area contributed by atoms with Crippen molar-refractivity contribution in [2.24, 2.45) is 5.92 Å². The predicted molar refractivity (Wildman–Crippen MR) is 105 cm³/mol. The molecular formula is C21H25N3O3. The average molecular weight is 367 g/mol. The van der Waals surface area contributed by atoms with E-state index in [2.05, 4.69) is 29.1 Å². The first-order valence-electron chi connectivity index (χ1n) is 9.06. The number of imidazole rings is 1. The monoisotopic (exact) mass is 367 g/mol. The van der Waals surface area contributed by atoms with Gasteiger partial charge in [-0.1, -0.05) is 44.2 Å². The minimum Gasteiger partial charge on any atom is -0.497 e. The Labute approximate surface area is 158 Å². The largest absolute Gasteiger partial charge is 0.497 e. The quantitative estimate of drug-likeness (QED) is 0.641. The van der Waals surface area contributed by atoms with Crippen molar-refractivity contribution >= 4 is 17.1 Å². The van der Waals surface area contributed by atoms with Crippen LogP contribution in [-0.2, 0) is 11.3 Å². The van der Waals surface area contributed by atoms with Crippen LogP contribution in [0.15, 0.2) is 48.5 Å². The number of hydrogen-bond acceptors (Lipinski definition) is 4. The number of nitrogens with one attached hydrogen (secondary N) is 2. The molecule has 0 saturated heterocycles. The minimum atomic E-state index is -0.456. The number of ether oxygens (including phenoxy) is 2. The summed E-state index contributed by atoms with van der Waals surface area (Å²) >= 11 is 0. The van der Waals surface area contributed by atoms with Gasteiger partial charge in [0.25, 0.3) is 0 Å². The molecule has 3 aromatic rings. The Kier molecular flexibility index (Phi) is 5.96. The number of alkyl carbamates (subject to hydrolysis) is 1. The Balaban J connectivity index is 1.72. The molecule has 6 heteroatoms. The van der Waals surface area contributed by atoms with Gasteiger partial charge < -0.3 is 19.8 Å². The molecule has 0 bridgehead atoms. The van der Waals surface area contributed by atoms with Crippen LogP contribution in [0.1, 0.15) is 37.7 Å². The number of fused-ring (bicyclic) bond motifs is 1. The highest BCUT2D eigenvalue weighted by molar-refractivity contribution is 5.77. The number of rotatable bonds is 7. The van der Waals surface area contributed by atoms with Crippen LogP contribution in [-0.4, -0.2) is 23.2 Å². The number of H-pyrrole nitrogens is 1. The molecule has 142 valence electrons. The topological polar surface area (TPSA) is 76.2 Å². The van der Waals surface area contributed by atoms with E-state index in [1.54, 1.807) is 7.11 Å². The van der Waals surface area contributed by atoms with Crippen molar-refractivity contribution in [1.29, 1.82) is 0 Å². The van der Waals surface area contributed by atoms with Crippen LogP contribution >= 0.6 is 0 Å². The summed E-state index contributed by atoms with van der Waals surface area (Å²) in [6, 6.07) is 15.0. The highest BCUT2D eigenvalue weighted by atomic mass is 16.5. The Morgan fingerprint density at radius 2 is 1.96 bits per heavy atom. The first-order valence-corrected chi connectivity index (χ1v) is 9.06. The first kappa shape index (κ1) is 18.8. The van der Waals surface area contributed by atoms with Gasteiger partial charge in [0, 0.05) is 6.07 Å². The second-order valence-corrected chi connectivity index (χ2v) is 6.89. The number of nitrogens with zero attached hydrogens (tertiary/aromatic N) is 1. The van der Waals surface area contributed by atoms with Crippen LogP contribution in [0.25, 0.3) is 11.0 Å². The minimum absolute atomic E-state index is 0.235. The number of aromatic nitrogens is 2. The average Bonchev–Trinajstić information content (AvgIpc) is 3.09. The summed E-state index contributed by atoms with van der Waals surface area (Å²) in [7, 11) is 1.63. The second kappa shape index (κ2) is 8.58. The number of carbonyl (C=O) groups excluding carboxylic acids is 1. The van der Waals surface area contributed by atoms with Crippen molar-refractivity contribution in [3.63, 3.8) is 0 Å². The molecule has 0 aliphatic rings. The lowest BCUT2D eigenvalue weighted by Gasteiger charge is -2.18. The third-order valence-electron chi connectivity index (χ3n) is 4.25. The van der Waals surface area contributed by atoms with Crippen molar-refractivity contribution in [1.82, 2.24) is 15.3 Å². The van der Waals surface area contributed by atoms with Gasteiger partial charge in [-0.3, -0.25) is 0 Å². The molecule has 2 N–H and O–H groups in total. The molecule has 1 amide bonds. The van der Waals surface area contributed by atoms with E-state index in [0.29, 0.717) is 11.7 Å². The van der Waals surface area contributed by atoms with Crippen LogP contribution in [0.5, 0.6) is 5.75 Å². The lowest BCUT2D eigenvalue weighted by molar-refractivity contribution is 0.134. The van der Waals surface area contributed by atoms with E-state index in [4.69, 9.17) is 9.47 Å². The van der Waals surface area contributed by atoms with Gasteiger partial charge in [0.15, 0.2) is 0 Å². The second-order valence-electron chi connectivity index (χ2n) is 6.89. The fraction of sp³-hybridized carbons (Fsp3) is 0.333. The van der Waals surface area contributed by atoms with Gasteiger partial charge in [0.1, 0.15) is 18.2 Å². The van der Waals surface area contributed by atoms with Gasteiger partial charge >= 0.3 is 6.09 Å². The maximum atomic E-state index is 12.3. The van der Waals surface area contributed by atoms with Gasteiger partial charge in [0.2, 0.25) is 0 Å². The van der Waals surface area contributed by atoms with Gasteiger partial charge in [-0.15, -0.1) is 0 Å². The Morgan fingerprint density at radius 3 is 2.67 bits per heavy atom. The number of hydrogen-bond donors (Lipinski definition) is 2. The predicted octanol–water partition coefficient (Wildman–Crippen LogP) is 4.59. The fourth-order valence-corrected chi connectivity index (χ4v) is 2.91. The van der Waals surface area contributed by atoms with Gasteiger partial charge in [-0.25, -0.2) is 9.78 Å². The van der Waals surface area contributed by atoms with E-state index in [0.717, 1.165) is 28.8 Å². The molecule has 1 heterocycles. The molecule has 0 saturated carbocycles. The molecule has 1 aromatic heterocycles.